The number of nitrogens with one attached hydrogen (secondary N) is 1. The second kappa shape index (κ2) is 9.43. The number of rotatable bonds is 9. The lowest BCUT2D eigenvalue weighted by molar-refractivity contribution is -0.614. The highest BCUT2D eigenvalue weighted by atomic mass is 16.4. The standard InChI is InChI=1S/C13H18N6O2/c14-10-19(15)8-2-4-12(13(20)21)18-5-1-3-11-9-16-6-7-17-11/h1,3,5-7,9,12,15H,2,4,8,10,14H2/p+1/b3-1+,18-5?,19-15?/t12-/m0/s1. The summed E-state index contributed by atoms with van der Waals surface area (Å²) in [4.78, 5) is 23.0. The summed E-state index contributed by atoms with van der Waals surface area (Å²) >= 11 is 0. The van der Waals surface area contributed by atoms with Crippen LogP contribution in [0.2, 0.25) is 0 Å². The largest absolute Gasteiger partial charge is 0.480 e. The van der Waals surface area contributed by atoms with E-state index in [0.29, 0.717) is 25.1 Å². The number of allylic oxidation sites excluding steroid dienone is 1. The fourth-order valence-electron chi connectivity index (χ4n) is 1.52. The molecule has 0 fully saturated rings. The van der Waals surface area contributed by atoms with Gasteiger partial charge in [-0.25, -0.2) is 4.79 Å². The van der Waals surface area contributed by atoms with Gasteiger partial charge in [0.1, 0.15) is 6.04 Å². The molecule has 0 aliphatic carbocycles. The third-order valence-corrected chi connectivity index (χ3v) is 2.61. The van der Waals surface area contributed by atoms with Gasteiger partial charge in [0.05, 0.1) is 11.9 Å². The summed E-state index contributed by atoms with van der Waals surface area (Å²) < 4.78 is 1.18. The van der Waals surface area contributed by atoms with E-state index in [2.05, 4.69) is 15.0 Å². The molecule has 0 amide bonds. The van der Waals surface area contributed by atoms with Gasteiger partial charge in [0.15, 0.2) is 6.54 Å². The Kier molecular flexibility index (Phi) is 7.44. The summed E-state index contributed by atoms with van der Waals surface area (Å²) in [5.74, 6) is -0.983. The van der Waals surface area contributed by atoms with Crippen LogP contribution in [0.3, 0.4) is 0 Å². The first-order chi connectivity index (χ1) is 10.1. The summed E-state index contributed by atoms with van der Waals surface area (Å²) in [5.41, 5.74) is 13.3. The Bertz CT molecular complexity index is 515. The number of hydrogen-bond donors (Lipinski definition) is 3. The van der Waals surface area contributed by atoms with Gasteiger partial charge in [0, 0.05) is 25.0 Å². The fraction of sp³-hybridized carbons (Fsp3) is 0.385. The molecule has 0 aliphatic heterocycles. The minimum Gasteiger partial charge on any atom is -0.480 e. The van der Waals surface area contributed by atoms with E-state index in [1.54, 1.807) is 30.7 Å². The minimum absolute atomic E-state index is 0.127. The van der Waals surface area contributed by atoms with Crippen molar-refractivity contribution in [1.29, 1.82) is 5.53 Å². The Morgan fingerprint density at radius 1 is 1.57 bits per heavy atom. The Morgan fingerprint density at radius 2 is 2.38 bits per heavy atom. The van der Waals surface area contributed by atoms with Crippen LogP contribution < -0.4 is 5.73 Å². The molecule has 0 saturated heterocycles. The van der Waals surface area contributed by atoms with E-state index in [0.717, 1.165) is 0 Å². The molecule has 0 aliphatic rings. The number of carboxylic acids is 1. The molecule has 1 heterocycles. The Hall–Kier alpha value is -2.48. The van der Waals surface area contributed by atoms with Crippen LogP contribution in [-0.2, 0) is 4.79 Å². The maximum atomic E-state index is 11.1. The van der Waals surface area contributed by atoms with Crippen molar-refractivity contribution in [3.63, 3.8) is 0 Å². The first-order valence-corrected chi connectivity index (χ1v) is 6.48. The first-order valence-electron chi connectivity index (χ1n) is 6.48. The average molecular weight is 291 g/mol. The van der Waals surface area contributed by atoms with Crippen LogP contribution in [0.1, 0.15) is 18.5 Å². The first kappa shape index (κ1) is 16.6. The molecule has 0 unspecified atom stereocenters. The molecule has 1 rings (SSSR count). The maximum absolute atomic E-state index is 11.1. The number of nitrogens with two attached hydrogens (primary N) is 1. The smallest absolute Gasteiger partial charge is 0.328 e. The average Bonchev–Trinajstić information content (AvgIpc) is 2.50. The number of aromatic nitrogens is 2. The second-order valence-corrected chi connectivity index (χ2v) is 4.23. The van der Waals surface area contributed by atoms with Crippen LogP contribution >= 0.6 is 0 Å². The highest BCUT2D eigenvalue weighted by Gasteiger charge is 2.15. The molecule has 1 aromatic heterocycles. The molecule has 4 N–H and O–H groups in total. The van der Waals surface area contributed by atoms with Crippen molar-refractivity contribution in [3.05, 3.63) is 30.4 Å². The van der Waals surface area contributed by atoms with Gasteiger partial charge in [-0.3, -0.25) is 20.7 Å². The molecule has 0 spiro atoms. The van der Waals surface area contributed by atoms with Crippen LogP contribution in [0.5, 0.6) is 0 Å². The monoisotopic (exact) mass is 291 g/mol. The van der Waals surface area contributed by atoms with Crippen molar-refractivity contribution in [1.82, 2.24) is 9.97 Å². The maximum Gasteiger partial charge on any atom is 0.328 e. The molecule has 0 bridgehead atoms. The zero-order chi connectivity index (χ0) is 15.5. The number of carbonyl (C=O) groups is 1. The van der Waals surface area contributed by atoms with E-state index < -0.39 is 12.0 Å². The molecule has 0 saturated carbocycles. The molecule has 21 heavy (non-hydrogen) atoms. The van der Waals surface area contributed by atoms with Gasteiger partial charge in [-0.05, 0) is 18.6 Å². The quantitative estimate of drug-likeness (QED) is 0.268. The Morgan fingerprint density at radius 3 is 3.00 bits per heavy atom. The summed E-state index contributed by atoms with van der Waals surface area (Å²) in [6.45, 7) is 0.549. The zero-order valence-electron chi connectivity index (χ0n) is 11.6. The van der Waals surface area contributed by atoms with E-state index in [1.165, 1.54) is 10.9 Å². The number of aliphatic imine (C=N–C) groups is 1. The van der Waals surface area contributed by atoms with Crippen LogP contribution in [0, 0.1) is 5.53 Å². The summed E-state index contributed by atoms with van der Waals surface area (Å²) in [7, 11) is 0. The van der Waals surface area contributed by atoms with Gasteiger partial charge in [0.2, 0.25) is 6.67 Å². The van der Waals surface area contributed by atoms with Gasteiger partial charge >= 0.3 is 5.97 Å². The van der Waals surface area contributed by atoms with Gasteiger partial charge < -0.3 is 5.11 Å². The Labute approximate surface area is 122 Å². The third-order valence-electron chi connectivity index (χ3n) is 2.61. The minimum atomic E-state index is -0.983. The molecule has 8 nitrogen and oxygen atoms in total. The van der Waals surface area contributed by atoms with E-state index in [9.17, 15) is 4.79 Å². The number of aliphatic carboxylic acids is 1. The lowest BCUT2D eigenvalue weighted by Crippen LogP contribution is -2.22. The third kappa shape index (κ3) is 7.02. The predicted molar refractivity (Wildman–Crippen MR) is 77.1 cm³/mol. The number of nitrogens with zero attached hydrogens (tertiary/aromatic N) is 4. The Balaban J connectivity index is 2.46. The molecule has 112 valence electrons. The molecule has 0 radical (unpaired) electrons. The van der Waals surface area contributed by atoms with E-state index >= 15 is 0 Å². The van der Waals surface area contributed by atoms with Crippen molar-refractivity contribution in [2.24, 2.45) is 10.7 Å². The van der Waals surface area contributed by atoms with E-state index in [4.69, 9.17) is 16.4 Å². The number of hydrogen-bond acceptors (Lipinski definition) is 6. The second-order valence-electron chi connectivity index (χ2n) is 4.23. The van der Waals surface area contributed by atoms with Gasteiger partial charge in [0.25, 0.3) is 0 Å². The van der Waals surface area contributed by atoms with Crippen LogP contribution in [0.25, 0.3) is 6.08 Å². The van der Waals surface area contributed by atoms with Crippen LogP contribution in [0.4, 0.5) is 0 Å². The normalized spacial score (nSPS) is 12.8. The fourth-order valence-corrected chi connectivity index (χ4v) is 1.52. The lowest BCUT2D eigenvalue weighted by atomic mass is 10.1. The predicted octanol–water partition coefficient (Wildman–Crippen LogP) is 0.754. The SMILES string of the molecule is N=[N+](CN)CCC[C@H](N=C/C=C/c1cnccn1)C(=O)O. The van der Waals surface area contributed by atoms with Crippen molar-refractivity contribution in [3.8, 4) is 0 Å². The highest BCUT2D eigenvalue weighted by molar-refractivity contribution is 5.81. The van der Waals surface area contributed by atoms with Crippen molar-refractivity contribution >= 4 is 18.3 Å². The molecule has 0 aromatic carbocycles. The van der Waals surface area contributed by atoms with Gasteiger partial charge in [-0.2, -0.15) is 0 Å². The summed E-state index contributed by atoms with van der Waals surface area (Å²) in [5, 5.41) is 9.07. The van der Waals surface area contributed by atoms with Crippen LogP contribution in [-0.4, -0.2) is 51.2 Å². The van der Waals surface area contributed by atoms with Crippen LogP contribution in [0.15, 0.2) is 29.7 Å². The van der Waals surface area contributed by atoms with Gasteiger partial charge in [-0.15, -0.1) is 4.70 Å². The van der Waals surface area contributed by atoms with Crippen molar-refractivity contribution in [2.75, 3.05) is 13.2 Å². The molecular formula is C13H19N6O2+. The number of carboxylic acid groups (broad SMARTS) is 1. The van der Waals surface area contributed by atoms with E-state index in [-0.39, 0.29) is 6.67 Å². The zero-order valence-corrected chi connectivity index (χ0v) is 11.6. The summed E-state index contributed by atoms with van der Waals surface area (Å²) in [6, 6.07) is -0.817. The van der Waals surface area contributed by atoms with Crippen molar-refractivity contribution in [2.45, 2.75) is 18.9 Å². The molecule has 1 aromatic rings. The van der Waals surface area contributed by atoms with E-state index in [1.807, 2.05) is 0 Å². The summed E-state index contributed by atoms with van der Waals surface area (Å²) in [6.07, 6.45) is 10.4. The molecular weight excluding hydrogens is 272 g/mol. The topological polar surface area (TPSA) is 128 Å². The lowest BCUT2D eigenvalue weighted by Gasteiger charge is -2.04. The molecule has 8 heteroatoms. The van der Waals surface area contributed by atoms with Gasteiger partial charge in [-0.1, -0.05) is 5.53 Å². The van der Waals surface area contributed by atoms with Crippen molar-refractivity contribution < 1.29 is 14.6 Å². The highest BCUT2D eigenvalue weighted by Crippen LogP contribution is 2.03. The molecule has 1 atom stereocenters.